The minimum Gasteiger partial charge on any atom is -0.351 e. The van der Waals surface area contributed by atoms with Gasteiger partial charge in [-0.1, -0.05) is 18.2 Å². The number of primary amides is 1. The molecule has 0 fully saturated rings. The Hall–Kier alpha value is -2.86. The van der Waals surface area contributed by atoms with E-state index in [2.05, 4.69) is 10.6 Å². The molecule has 5 nitrogen and oxygen atoms in total. The molecule has 1 heterocycles. The second-order valence-corrected chi connectivity index (χ2v) is 5.75. The van der Waals surface area contributed by atoms with Crippen LogP contribution in [0.2, 0.25) is 0 Å². The van der Waals surface area contributed by atoms with E-state index in [-0.39, 0.29) is 5.91 Å². The van der Waals surface area contributed by atoms with Crippen LogP contribution in [-0.2, 0) is 0 Å². The summed E-state index contributed by atoms with van der Waals surface area (Å²) in [5, 5.41) is 6.34. The molecule has 0 unspecified atom stereocenters. The van der Waals surface area contributed by atoms with Gasteiger partial charge in [-0.15, -0.1) is 11.3 Å². The molecule has 0 radical (unpaired) electrons. The number of amides is 3. The highest BCUT2D eigenvalue weighted by Crippen LogP contribution is 2.26. The molecule has 110 valence electrons. The van der Waals surface area contributed by atoms with Gasteiger partial charge in [-0.05, 0) is 41.8 Å². The highest BCUT2D eigenvalue weighted by Gasteiger charge is 2.10. The Morgan fingerprint density at radius 1 is 0.909 bits per heavy atom. The molecule has 0 atom stereocenters. The van der Waals surface area contributed by atoms with Crippen LogP contribution in [0, 0.1) is 0 Å². The Kier molecular flexibility index (Phi) is 3.76. The number of hydrogen-bond acceptors (Lipinski definition) is 3. The molecule has 0 aliphatic heterocycles. The Morgan fingerprint density at radius 2 is 1.55 bits per heavy atom. The fourth-order valence-electron chi connectivity index (χ4n) is 2.07. The van der Waals surface area contributed by atoms with Gasteiger partial charge in [-0.3, -0.25) is 4.79 Å². The van der Waals surface area contributed by atoms with E-state index in [9.17, 15) is 9.59 Å². The number of rotatable bonds is 3. The zero-order valence-electron chi connectivity index (χ0n) is 11.5. The normalized spacial score (nSPS) is 10.4. The van der Waals surface area contributed by atoms with Gasteiger partial charge in [-0.25, -0.2) is 4.79 Å². The lowest BCUT2D eigenvalue weighted by Gasteiger charge is -2.05. The van der Waals surface area contributed by atoms with E-state index in [1.165, 1.54) is 11.3 Å². The van der Waals surface area contributed by atoms with E-state index in [0.717, 1.165) is 10.1 Å². The second kappa shape index (κ2) is 5.87. The molecular weight excluding hydrogens is 298 g/mol. The van der Waals surface area contributed by atoms with Crippen molar-refractivity contribution in [3.8, 4) is 0 Å². The minimum absolute atomic E-state index is 0.156. The second-order valence-electron chi connectivity index (χ2n) is 4.67. The van der Waals surface area contributed by atoms with E-state index in [4.69, 9.17) is 5.73 Å². The molecule has 0 bridgehead atoms. The first-order valence-electron chi connectivity index (χ1n) is 6.58. The molecule has 3 aromatic rings. The van der Waals surface area contributed by atoms with Gasteiger partial charge >= 0.3 is 6.03 Å². The van der Waals surface area contributed by atoms with Crippen LogP contribution in [0.5, 0.6) is 0 Å². The summed E-state index contributed by atoms with van der Waals surface area (Å²) in [5.74, 6) is -0.156. The average Bonchev–Trinajstić information content (AvgIpc) is 2.93. The summed E-state index contributed by atoms with van der Waals surface area (Å²) in [4.78, 5) is 23.7. The topological polar surface area (TPSA) is 84.2 Å². The highest BCUT2D eigenvalue weighted by atomic mass is 32.1. The molecule has 22 heavy (non-hydrogen) atoms. The lowest BCUT2D eigenvalue weighted by Crippen LogP contribution is -2.19. The molecule has 3 rings (SSSR count). The lowest BCUT2D eigenvalue weighted by molar-refractivity contribution is 0.103. The quantitative estimate of drug-likeness (QED) is 0.690. The van der Waals surface area contributed by atoms with Crippen molar-refractivity contribution in [3.63, 3.8) is 0 Å². The van der Waals surface area contributed by atoms with Crippen molar-refractivity contribution in [3.05, 3.63) is 59.5 Å². The fourth-order valence-corrected chi connectivity index (χ4v) is 3.02. The number of hydrogen-bond donors (Lipinski definition) is 3. The van der Waals surface area contributed by atoms with Gasteiger partial charge in [0.15, 0.2) is 0 Å². The van der Waals surface area contributed by atoms with Crippen molar-refractivity contribution in [1.29, 1.82) is 0 Å². The van der Waals surface area contributed by atoms with E-state index < -0.39 is 6.03 Å². The molecule has 3 amide bonds. The van der Waals surface area contributed by atoms with Crippen molar-refractivity contribution >= 4 is 44.7 Å². The zero-order valence-corrected chi connectivity index (χ0v) is 12.3. The third-order valence-corrected chi connectivity index (χ3v) is 4.17. The van der Waals surface area contributed by atoms with E-state index in [0.29, 0.717) is 16.3 Å². The summed E-state index contributed by atoms with van der Waals surface area (Å²) in [5.41, 5.74) is 6.26. The standard InChI is InChI=1S/C16H13N3O2S/c17-16(21)19-12-7-5-11(6-8-12)18-15(20)14-9-10-3-1-2-4-13(10)22-14/h1-9H,(H,18,20)(H3,17,19,21). The summed E-state index contributed by atoms with van der Waals surface area (Å²) >= 11 is 1.45. The monoisotopic (exact) mass is 311 g/mol. The molecular formula is C16H13N3O2S. The van der Waals surface area contributed by atoms with Gasteiger partial charge in [-0.2, -0.15) is 0 Å². The van der Waals surface area contributed by atoms with Crippen LogP contribution < -0.4 is 16.4 Å². The maximum atomic E-state index is 12.3. The number of carbonyl (C=O) groups is 2. The summed E-state index contributed by atoms with van der Waals surface area (Å²) in [6, 6.07) is 15.9. The van der Waals surface area contributed by atoms with Gasteiger partial charge in [0.05, 0.1) is 4.88 Å². The van der Waals surface area contributed by atoms with Crippen LogP contribution in [0.4, 0.5) is 16.2 Å². The summed E-state index contributed by atoms with van der Waals surface area (Å²) < 4.78 is 1.08. The molecule has 4 N–H and O–H groups in total. The van der Waals surface area contributed by atoms with Gasteiger partial charge < -0.3 is 16.4 Å². The smallest absolute Gasteiger partial charge is 0.316 e. The Morgan fingerprint density at radius 3 is 2.18 bits per heavy atom. The van der Waals surface area contributed by atoms with E-state index >= 15 is 0 Å². The van der Waals surface area contributed by atoms with Crippen molar-refractivity contribution in [1.82, 2.24) is 0 Å². The fraction of sp³-hybridized carbons (Fsp3) is 0. The maximum absolute atomic E-state index is 12.3. The molecule has 0 aliphatic rings. The first-order valence-corrected chi connectivity index (χ1v) is 7.40. The number of nitrogens with one attached hydrogen (secondary N) is 2. The maximum Gasteiger partial charge on any atom is 0.316 e. The Balaban J connectivity index is 1.74. The van der Waals surface area contributed by atoms with Crippen LogP contribution in [0.15, 0.2) is 54.6 Å². The zero-order chi connectivity index (χ0) is 15.5. The van der Waals surface area contributed by atoms with Crippen molar-refractivity contribution in [2.45, 2.75) is 0 Å². The summed E-state index contributed by atoms with van der Waals surface area (Å²) in [7, 11) is 0. The van der Waals surface area contributed by atoms with Gasteiger partial charge in [0.1, 0.15) is 0 Å². The van der Waals surface area contributed by atoms with Crippen LogP contribution in [0.3, 0.4) is 0 Å². The molecule has 0 saturated carbocycles. The van der Waals surface area contributed by atoms with Crippen LogP contribution in [0.25, 0.3) is 10.1 Å². The van der Waals surface area contributed by atoms with Crippen molar-refractivity contribution in [2.24, 2.45) is 5.73 Å². The van der Waals surface area contributed by atoms with Crippen molar-refractivity contribution in [2.75, 3.05) is 10.6 Å². The minimum atomic E-state index is -0.623. The molecule has 2 aromatic carbocycles. The van der Waals surface area contributed by atoms with Crippen LogP contribution in [-0.4, -0.2) is 11.9 Å². The summed E-state index contributed by atoms with van der Waals surface area (Å²) in [6.07, 6.45) is 0. The van der Waals surface area contributed by atoms with Crippen LogP contribution in [0.1, 0.15) is 9.67 Å². The van der Waals surface area contributed by atoms with Gasteiger partial charge in [0, 0.05) is 16.1 Å². The summed E-state index contributed by atoms with van der Waals surface area (Å²) in [6.45, 7) is 0. The predicted octanol–water partition coefficient (Wildman–Crippen LogP) is 3.64. The van der Waals surface area contributed by atoms with Gasteiger partial charge in [0.25, 0.3) is 5.91 Å². The average molecular weight is 311 g/mol. The Bertz CT molecular complexity index is 807. The van der Waals surface area contributed by atoms with Crippen molar-refractivity contribution < 1.29 is 9.59 Å². The highest BCUT2D eigenvalue weighted by molar-refractivity contribution is 7.20. The Labute approximate surface area is 130 Å². The molecule has 0 saturated heterocycles. The number of thiophene rings is 1. The number of carbonyl (C=O) groups excluding carboxylic acids is 2. The first kappa shape index (κ1) is 14.1. The number of fused-ring (bicyclic) bond motifs is 1. The molecule has 6 heteroatoms. The number of urea groups is 1. The largest absolute Gasteiger partial charge is 0.351 e. The third kappa shape index (κ3) is 3.07. The number of anilines is 2. The third-order valence-electron chi connectivity index (χ3n) is 3.06. The molecule has 0 spiro atoms. The van der Waals surface area contributed by atoms with Crippen LogP contribution >= 0.6 is 11.3 Å². The predicted molar refractivity (Wildman–Crippen MR) is 89.4 cm³/mol. The SMILES string of the molecule is NC(=O)Nc1ccc(NC(=O)c2cc3ccccc3s2)cc1. The molecule has 1 aromatic heterocycles. The number of nitrogens with two attached hydrogens (primary N) is 1. The number of benzene rings is 2. The molecule has 0 aliphatic carbocycles. The van der Waals surface area contributed by atoms with Gasteiger partial charge in [0.2, 0.25) is 0 Å². The lowest BCUT2D eigenvalue weighted by atomic mass is 10.2. The van der Waals surface area contributed by atoms with E-state index in [1.807, 2.05) is 30.3 Å². The first-order chi connectivity index (χ1) is 10.6. The van der Waals surface area contributed by atoms with E-state index in [1.54, 1.807) is 24.3 Å².